The van der Waals surface area contributed by atoms with Gasteiger partial charge in [0.2, 0.25) is 0 Å². The number of carbonyl (C=O) groups is 1. The topological polar surface area (TPSA) is 77.9 Å². The molecule has 1 amide bonds. The quantitative estimate of drug-likeness (QED) is 0.666. The highest BCUT2D eigenvalue weighted by molar-refractivity contribution is 5.92. The van der Waals surface area contributed by atoms with Crippen LogP contribution in [0.4, 0.5) is 0 Å². The van der Waals surface area contributed by atoms with Crippen molar-refractivity contribution in [1.29, 1.82) is 5.26 Å². The van der Waals surface area contributed by atoms with Gasteiger partial charge in [-0.2, -0.15) is 5.26 Å². The van der Waals surface area contributed by atoms with Gasteiger partial charge in [0.25, 0.3) is 5.91 Å². The number of nitrogens with zero attached hydrogens (tertiary/aromatic N) is 1. The molecule has 0 radical (unpaired) electrons. The lowest BCUT2D eigenvalue weighted by Crippen LogP contribution is -2.23. The number of amides is 1. The van der Waals surface area contributed by atoms with Gasteiger partial charge >= 0.3 is 0 Å². The molecular formula is C8H9N3O2. The number of nitriles is 1. The molecule has 2 N–H and O–H groups in total. The van der Waals surface area contributed by atoms with Crippen LogP contribution in [0.5, 0.6) is 0 Å². The van der Waals surface area contributed by atoms with Crippen molar-refractivity contribution in [3.8, 4) is 6.07 Å². The number of carbonyl (C=O) groups excluding carboxylic acids is 1. The van der Waals surface area contributed by atoms with Crippen LogP contribution in [0, 0.1) is 11.3 Å². The average Bonchev–Trinajstić information content (AvgIpc) is 2.62. The summed E-state index contributed by atoms with van der Waals surface area (Å²) in [6, 6.07) is 3.36. The maximum Gasteiger partial charge on any atom is 0.291 e. The second-order valence-corrected chi connectivity index (χ2v) is 2.28. The normalized spacial score (nSPS) is 9.23. The highest BCUT2D eigenvalue weighted by atomic mass is 16.6. The number of H-pyrrole nitrogens is 1. The van der Waals surface area contributed by atoms with E-state index in [-0.39, 0.29) is 5.91 Å². The molecule has 5 nitrogen and oxygen atoms in total. The third kappa shape index (κ3) is 2.32. The Balaban J connectivity index is 2.62. The summed E-state index contributed by atoms with van der Waals surface area (Å²) in [5.41, 5.74) is 2.93. The van der Waals surface area contributed by atoms with E-state index in [4.69, 9.17) is 10.1 Å². The number of nitrogens with one attached hydrogen (secondary N) is 2. The van der Waals surface area contributed by atoms with Crippen LogP contribution in [0.3, 0.4) is 0 Å². The molecule has 0 fully saturated rings. The first-order chi connectivity index (χ1) is 6.27. The summed E-state index contributed by atoms with van der Waals surface area (Å²) in [5.74, 6) is -0.386. The van der Waals surface area contributed by atoms with E-state index in [9.17, 15) is 4.79 Å². The molecule has 1 heterocycles. The lowest BCUT2D eigenvalue weighted by Gasteiger charge is -2.00. The van der Waals surface area contributed by atoms with E-state index in [1.165, 1.54) is 12.3 Å². The maximum atomic E-state index is 11.2. The van der Waals surface area contributed by atoms with Crippen molar-refractivity contribution in [1.82, 2.24) is 10.5 Å². The average molecular weight is 179 g/mol. The molecule has 0 aromatic carbocycles. The lowest BCUT2D eigenvalue weighted by molar-refractivity contribution is 0.0360. The number of hydroxylamine groups is 1. The van der Waals surface area contributed by atoms with Gasteiger partial charge < -0.3 is 4.98 Å². The molecule has 13 heavy (non-hydrogen) atoms. The van der Waals surface area contributed by atoms with E-state index >= 15 is 0 Å². The number of hydrogen-bond donors (Lipinski definition) is 2. The van der Waals surface area contributed by atoms with Gasteiger partial charge in [0.05, 0.1) is 12.2 Å². The second kappa shape index (κ2) is 4.28. The second-order valence-electron chi connectivity index (χ2n) is 2.28. The minimum atomic E-state index is -0.386. The molecule has 0 spiro atoms. The van der Waals surface area contributed by atoms with E-state index in [0.717, 1.165) is 0 Å². The largest absolute Gasteiger partial charge is 0.356 e. The molecule has 0 aliphatic rings. The Hall–Kier alpha value is -1.80. The highest BCUT2D eigenvalue weighted by Gasteiger charge is 2.07. The van der Waals surface area contributed by atoms with E-state index < -0.39 is 0 Å². The molecule has 68 valence electrons. The van der Waals surface area contributed by atoms with Crippen molar-refractivity contribution in [2.75, 3.05) is 6.61 Å². The highest BCUT2D eigenvalue weighted by Crippen LogP contribution is 2.00. The monoisotopic (exact) mass is 179 g/mol. The molecule has 1 aromatic heterocycles. The summed E-state index contributed by atoms with van der Waals surface area (Å²) >= 11 is 0. The van der Waals surface area contributed by atoms with Gasteiger partial charge in [0.1, 0.15) is 11.8 Å². The van der Waals surface area contributed by atoms with Gasteiger partial charge in [-0.05, 0) is 13.0 Å². The first-order valence-corrected chi connectivity index (χ1v) is 3.78. The first-order valence-electron chi connectivity index (χ1n) is 3.78. The fraction of sp³-hybridized carbons (Fsp3) is 0.250. The molecule has 0 bridgehead atoms. The van der Waals surface area contributed by atoms with Crippen molar-refractivity contribution in [3.05, 3.63) is 23.5 Å². The molecule has 0 atom stereocenters. The Morgan fingerprint density at radius 3 is 3.15 bits per heavy atom. The van der Waals surface area contributed by atoms with Crippen molar-refractivity contribution < 1.29 is 9.63 Å². The van der Waals surface area contributed by atoms with E-state index in [1.807, 2.05) is 6.07 Å². The molecule has 1 rings (SSSR count). The first kappa shape index (κ1) is 9.29. The number of aromatic nitrogens is 1. The molecule has 0 saturated heterocycles. The fourth-order valence-corrected chi connectivity index (χ4v) is 0.783. The van der Waals surface area contributed by atoms with Gasteiger partial charge in [-0.3, -0.25) is 9.63 Å². The van der Waals surface area contributed by atoms with Crippen LogP contribution in [-0.2, 0) is 4.84 Å². The van der Waals surface area contributed by atoms with Crippen molar-refractivity contribution in [3.63, 3.8) is 0 Å². The minimum Gasteiger partial charge on any atom is -0.356 e. The summed E-state index contributed by atoms with van der Waals surface area (Å²) < 4.78 is 0. The summed E-state index contributed by atoms with van der Waals surface area (Å²) in [4.78, 5) is 18.5. The van der Waals surface area contributed by atoms with Gasteiger partial charge in [-0.1, -0.05) is 0 Å². The van der Waals surface area contributed by atoms with Crippen LogP contribution >= 0.6 is 0 Å². The summed E-state index contributed by atoms with van der Waals surface area (Å²) in [7, 11) is 0. The van der Waals surface area contributed by atoms with Crippen molar-refractivity contribution in [2.45, 2.75) is 6.92 Å². The number of hydrogen-bond acceptors (Lipinski definition) is 3. The summed E-state index contributed by atoms with van der Waals surface area (Å²) in [6.45, 7) is 2.16. The van der Waals surface area contributed by atoms with Crippen LogP contribution in [0.25, 0.3) is 0 Å². The zero-order valence-corrected chi connectivity index (χ0v) is 7.13. The zero-order chi connectivity index (χ0) is 9.68. The molecule has 0 aliphatic heterocycles. The van der Waals surface area contributed by atoms with Crippen LogP contribution in [0.15, 0.2) is 12.3 Å². The fourth-order valence-electron chi connectivity index (χ4n) is 0.783. The van der Waals surface area contributed by atoms with Crippen LogP contribution < -0.4 is 5.48 Å². The Bertz CT molecular complexity index is 337. The molecule has 5 heteroatoms. The molecular weight excluding hydrogens is 170 g/mol. The molecule has 0 saturated carbocycles. The lowest BCUT2D eigenvalue weighted by atomic mass is 10.3. The van der Waals surface area contributed by atoms with Crippen LogP contribution in [-0.4, -0.2) is 17.5 Å². The Morgan fingerprint density at radius 2 is 2.62 bits per heavy atom. The van der Waals surface area contributed by atoms with Crippen LogP contribution in [0.1, 0.15) is 23.0 Å². The number of aromatic amines is 1. The third-order valence-electron chi connectivity index (χ3n) is 1.37. The zero-order valence-electron chi connectivity index (χ0n) is 7.13. The van der Waals surface area contributed by atoms with Gasteiger partial charge in [-0.15, -0.1) is 0 Å². The molecule has 0 aliphatic carbocycles. The minimum absolute atomic E-state index is 0.310. The predicted molar refractivity (Wildman–Crippen MR) is 44.6 cm³/mol. The molecule has 1 aromatic rings. The summed E-state index contributed by atoms with van der Waals surface area (Å²) in [5, 5.41) is 8.48. The van der Waals surface area contributed by atoms with E-state index in [1.54, 1.807) is 6.92 Å². The predicted octanol–water partition coefficient (Wildman–Crippen LogP) is 0.568. The van der Waals surface area contributed by atoms with E-state index in [2.05, 4.69) is 10.5 Å². The molecule has 0 unspecified atom stereocenters. The standard InChI is InChI=1S/C8H9N3O2/c1-2-13-11-8(12)7-3-6(4-9)5-10-7/h3,5,10H,2H2,1H3,(H,11,12). The Kier molecular flexibility index (Phi) is 3.06. The van der Waals surface area contributed by atoms with Crippen LogP contribution in [0.2, 0.25) is 0 Å². The Labute approximate surface area is 75.3 Å². The number of rotatable bonds is 3. The van der Waals surface area contributed by atoms with E-state index in [0.29, 0.717) is 17.9 Å². The van der Waals surface area contributed by atoms with Gasteiger partial charge in [0, 0.05) is 6.20 Å². The maximum absolute atomic E-state index is 11.2. The van der Waals surface area contributed by atoms with Crippen molar-refractivity contribution >= 4 is 5.91 Å². The smallest absolute Gasteiger partial charge is 0.291 e. The van der Waals surface area contributed by atoms with Crippen molar-refractivity contribution in [2.24, 2.45) is 0 Å². The Morgan fingerprint density at radius 1 is 1.85 bits per heavy atom. The van der Waals surface area contributed by atoms with Gasteiger partial charge in [-0.25, -0.2) is 5.48 Å². The SMILES string of the molecule is CCONC(=O)c1cc(C#N)c[nH]1. The third-order valence-corrected chi connectivity index (χ3v) is 1.37. The van der Waals surface area contributed by atoms with Gasteiger partial charge in [0.15, 0.2) is 0 Å². The summed E-state index contributed by atoms with van der Waals surface area (Å²) in [6.07, 6.45) is 1.46.